The number of esters is 1. The number of aromatic amines is 1. The van der Waals surface area contributed by atoms with Crippen LogP contribution in [0.25, 0.3) is 0 Å². The molecule has 1 saturated heterocycles. The molecule has 0 bridgehead atoms. The van der Waals surface area contributed by atoms with Crippen LogP contribution in [0.1, 0.15) is 45.4 Å². The van der Waals surface area contributed by atoms with Gasteiger partial charge in [0, 0.05) is 5.69 Å². The number of carbonyl (C=O) groups is 2. The molecule has 8 heteroatoms. The average Bonchev–Trinajstić information content (AvgIpc) is 2.85. The summed E-state index contributed by atoms with van der Waals surface area (Å²) >= 11 is 0. The first kappa shape index (κ1) is 16.5. The van der Waals surface area contributed by atoms with Crippen molar-refractivity contribution in [2.24, 2.45) is 0 Å². The second-order valence-corrected chi connectivity index (χ2v) is 8.16. The molecular formula is C14H20N2O5S. The fourth-order valence-corrected chi connectivity index (χ4v) is 4.92. The van der Waals surface area contributed by atoms with Gasteiger partial charge in [0.05, 0.1) is 29.7 Å². The largest absolute Gasteiger partial charge is 0.465 e. The van der Waals surface area contributed by atoms with Gasteiger partial charge in [0.1, 0.15) is 5.69 Å². The van der Waals surface area contributed by atoms with Gasteiger partial charge < -0.3 is 15.0 Å². The minimum Gasteiger partial charge on any atom is -0.465 e. The monoisotopic (exact) mass is 328 g/mol. The van der Waals surface area contributed by atoms with Crippen molar-refractivity contribution in [3.05, 3.63) is 22.5 Å². The lowest BCUT2D eigenvalue weighted by Crippen LogP contribution is -2.47. The van der Waals surface area contributed by atoms with Crippen LogP contribution < -0.4 is 5.32 Å². The number of carbonyl (C=O) groups excluding carboxylic acids is 2. The predicted octanol–water partition coefficient (Wildman–Crippen LogP) is 0.725. The Morgan fingerprint density at radius 3 is 2.45 bits per heavy atom. The molecule has 2 heterocycles. The Labute approximate surface area is 129 Å². The van der Waals surface area contributed by atoms with Crippen molar-refractivity contribution < 1.29 is 22.7 Å². The van der Waals surface area contributed by atoms with Crippen molar-refractivity contribution in [1.29, 1.82) is 0 Å². The van der Waals surface area contributed by atoms with E-state index in [0.29, 0.717) is 23.2 Å². The number of nitrogens with one attached hydrogen (secondary N) is 2. The molecule has 0 saturated carbocycles. The van der Waals surface area contributed by atoms with Crippen LogP contribution in [0, 0.1) is 13.8 Å². The Morgan fingerprint density at radius 1 is 1.32 bits per heavy atom. The zero-order valence-corrected chi connectivity index (χ0v) is 13.9. The summed E-state index contributed by atoms with van der Waals surface area (Å²) in [5, 5.41) is 2.76. The molecule has 7 nitrogen and oxygen atoms in total. The molecule has 0 radical (unpaired) electrons. The van der Waals surface area contributed by atoms with Crippen LogP contribution in [0.3, 0.4) is 0 Å². The minimum atomic E-state index is -3.11. The van der Waals surface area contributed by atoms with E-state index in [-0.39, 0.29) is 17.2 Å². The number of H-pyrrole nitrogens is 1. The van der Waals surface area contributed by atoms with Crippen LogP contribution in [-0.2, 0) is 14.6 Å². The summed E-state index contributed by atoms with van der Waals surface area (Å²) in [4.78, 5) is 27.0. The maximum absolute atomic E-state index is 12.4. The number of aryl methyl sites for hydroxylation is 1. The maximum Gasteiger partial charge on any atom is 0.339 e. The number of ether oxygens (including phenoxy) is 1. The molecule has 0 aliphatic carbocycles. The zero-order chi connectivity index (χ0) is 16.7. The van der Waals surface area contributed by atoms with E-state index in [1.54, 1.807) is 20.8 Å². The molecule has 1 amide bonds. The van der Waals surface area contributed by atoms with Crippen LogP contribution in [-0.4, -0.2) is 49.4 Å². The van der Waals surface area contributed by atoms with Crippen LogP contribution in [0.15, 0.2) is 0 Å². The van der Waals surface area contributed by atoms with Gasteiger partial charge in [-0.2, -0.15) is 0 Å². The predicted molar refractivity (Wildman–Crippen MR) is 80.7 cm³/mol. The van der Waals surface area contributed by atoms with Gasteiger partial charge in [-0.25, -0.2) is 13.2 Å². The van der Waals surface area contributed by atoms with Gasteiger partial charge in [-0.1, -0.05) is 0 Å². The van der Waals surface area contributed by atoms with E-state index in [1.807, 2.05) is 0 Å². The van der Waals surface area contributed by atoms with Crippen molar-refractivity contribution >= 4 is 21.7 Å². The maximum atomic E-state index is 12.4. The van der Waals surface area contributed by atoms with Crippen molar-refractivity contribution in [2.45, 2.75) is 32.7 Å². The van der Waals surface area contributed by atoms with E-state index in [9.17, 15) is 18.0 Å². The summed E-state index contributed by atoms with van der Waals surface area (Å²) < 4.78 is 27.9. The topological polar surface area (TPSA) is 105 Å². The molecule has 1 aromatic rings. The highest BCUT2D eigenvalue weighted by molar-refractivity contribution is 7.91. The summed E-state index contributed by atoms with van der Waals surface area (Å²) in [6.45, 7) is 5.04. The van der Waals surface area contributed by atoms with E-state index in [2.05, 4.69) is 10.3 Å². The molecule has 1 atom stereocenters. The van der Waals surface area contributed by atoms with Crippen LogP contribution >= 0.6 is 0 Å². The lowest BCUT2D eigenvalue weighted by Gasteiger charge is -2.23. The summed E-state index contributed by atoms with van der Waals surface area (Å²) in [6.07, 6.45) is 0.379. The molecule has 2 rings (SSSR count). The third-order valence-corrected chi connectivity index (χ3v) is 5.88. The van der Waals surface area contributed by atoms with E-state index < -0.39 is 27.3 Å². The van der Waals surface area contributed by atoms with E-state index in [4.69, 9.17) is 4.74 Å². The number of amides is 1. The van der Waals surface area contributed by atoms with Gasteiger partial charge in [0.15, 0.2) is 9.84 Å². The van der Waals surface area contributed by atoms with Crippen LogP contribution in [0.4, 0.5) is 0 Å². The number of sulfone groups is 1. The Kier molecular flexibility index (Phi) is 4.08. The molecule has 0 unspecified atom stereocenters. The van der Waals surface area contributed by atoms with Crippen molar-refractivity contribution in [1.82, 2.24) is 10.3 Å². The van der Waals surface area contributed by atoms with Crippen molar-refractivity contribution in [3.8, 4) is 0 Å². The van der Waals surface area contributed by atoms with Gasteiger partial charge in [-0.3, -0.25) is 4.79 Å². The normalized spacial score (nSPS) is 23.3. The van der Waals surface area contributed by atoms with Gasteiger partial charge >= 0.3 is 5.97 Å². The highest BCUT2D eigenvalue weighted by Gasteiger charge is 2.40. The quantitative estimate of drug-likeness (QED) is 0.796. The lowest BCUT2D eigenvalue weighted by molar-refractivity contribution is 0.0599. The van der Waals surface area contributed by atoms with Gasteiger partial charge in [0.2, 0.25) is 0 Å². The fourth-order valence-electron chi connectivity index (χ4n) is 2.83. The Balaban J connectivity index is 2.26. The first-order valence-electron chi connectivity index (χ1n) is 6.89. The molecule has 0 aromatic carbocycles. The van der Waals surface area contributed by atoms with Crippen LogP contribution in [0.5, 0.6) is 0 Å². The lowest BCUT2D eigenvalue weighted by atomic mass is 10.0. The number of hydrogen-bond donors (Lipinski definition) is 2. The Hall–Kier alpha value is -1.83. The van der Waals surface area contributed by atoms with Gasteiger partial charge in [-0.15, -0.1) is 0 Å². The molecule has 1 fully saturated rings. The van der Waals surface area contributed by atoms with Gasteiger partial charge in [-0.05, 0) is 32.8 Å². The SMILES string of the molecule is COC(=O)c1c(C)[nH]c(C(=O)N[C@]2(C)CCS(=O)(=O)C2)c1C. The molecule has 1 aliphatic rings. The summed E-state index contributed by atoms with van der Waals surface area (Å²) in [7, 11) is -1.84. The molecule has 22 heavy (non-hydrogen) atoms. The molecule has 1 aromatic heterocycles. The third-order valence-electron chi connectivity index (χ3n) is 3.97. The summed E-state index contributed by atoms with van der Waals surface area (Å²) in [5.74, 6) is -0.941. The first-order chi connectivity index (χ1) is 10.1. The van der Waals surface area contributed by atoms with Crippen molar-refractivity contribution in [2.75, 3.05) is 18.6 Å². The standard InChI is InChI=1S/C14H20N2O5S/c1-8-10(13(18)21-4)9(2)15-11(8)12(17)16-14(3)5-6-22(19,20)7-14/h15H,5-7H2,1-4H3,(H,16,17)/t14-/m1/s1. The highest BCUT2D eigenvalue weighted by atomic mass is 32.2. The fraction of sp³-hybridized carbons (Fsp3) is 0.571. The van der Waals surface area contributed by atoms with E-state index >= 15 is 0 Å². The number of hydrogen-bond acceptors (Lipinski definition) is 5. The van der Waals surface area contributed by atoms with Gasteiger partial charge in [0.25, 0.3) is 5.91 Å². The summed E-state index contributed by atoms with van der Waals surface area (Å²) in [5.41, 5.74) is 0.831. The zero-order valence-electron chi connectivity index (χ0n) is 13.1. The van der Waals surface area contributed by atoms with Crippen molar-refractivity contribution in [3.63, 3.8) is 0 Å². The number of methoxy groups -OCH3 is 1. The highest BCUT2D eigenvalue weighted by Crippen LogP contribution is 2.25. The van der Waals surface area contributed by atoms with E-state index in [1.165, 1.54) is 7.11 Å². The smallest absolute Gasteiger partial charge is 0.339 e. The number of rotatable bonds is 3. The van der Waals surface area contributed by atoms with E-state index in [0.717, 1.165) is 0 Å². The third kappa shape index (κ3) is 3.01. The van der Waals surface area contributed by atoms with Crippen LogP contribution in [0.2, 0.25) is 0 Å². The number of aromatic nitrogens is 1. The summed E-state index contributed by atoms with van der Waals surface area (Å²) in [6, 6.07) is 0. The molecule has 0 spiro atoms. The molecule has 122 valence electrons. The average molecular weight is 328 g/mol. The second-order valence-electron chi connectivity index (χ2n) is 5.97. The molecular weight excluding hydrogens is 308 g/mol. The first-order valence-corrected chi connectivity index (χ1v) is 8.71. The Morgan fingerprint density at radius 2 is 1.95 bits per heavy atom. The minimum absolute atomic E-state index is 0.0694. The molecule has 2 N–H and O–H groups in total. The second kappa shape index (κ2) is 5.42. The Bertz CT molecular complexity index is 735. The molecule has 1 aliphatic heterocycles.